The maximum atomic E-state index is 10.7. The highest BCUT2D eigenvalue weighted by Crippen LogP contribution is 2.20. The van der Waals surface area contributed by atoms with E-state index in [0.717, 1.165) is 5.82 Å². The summed E-state index contributed by atoms with van der Waals surface area (Å²) in [6.45, 7) is 0.533. The minimum absolute atomic E-state index is 0.0213. The van der Waals surface area contributed by atoms with Crippen LogP contribution in [0, 0.1) is 10.1 Å². The molecule has 2 N–H and O–H groups in total. The van der Waals surface area contributed by atoms with Crippen molar-refractivity contribution >= 4 is 11.5 Å². The molecule has 17 heavy (non-hydrogen) atoms. The quantitative estimate of drug-likeness (QED) is 0.588. The van der Waals surface area contributed by atoms with Crippen molar-refractivity contribution < 1.29 is 4.92 Å². The zero-order valence-corrected chi connectivity index (χ0v) is 9.25. The number of nitro groups is 1. The predicted octanol–water partition coefficient (Wildman–Crippen LogP) is 0.706. The fraction of sp³-hybridized carbons (Fsp3) is 0.333. The lowest BCUT2D eigenvalue weighted by Gasteiger charge is -2.00. The SMILES string of the molecule is Cn1cc([N+](=O)[O-])c(NCCc2ncc[nH]2)n1. The molecule has 8 heteroatoms. The minimum atomic E-state index is -0.456. The van der Waals surface area contributed by atoms with Crippen LogP contribution in [-0.4, -0.2) is 31.2 Å². The molecule has 8 nitrogen and oxygen atoms in total. The van der Waals surface area contributed by atoms with Crippen LogP contribution in [0.15, 0.2) is 18.6 Å². The van der Waals surface area contributed by atoms with Gasteiger partial charge in [0.15, 0.2) is 0 Å². The fourth-order valence-electron chi connectivity index (χ4n) is 1.47. The molecule has 2 aromatic rings. The molecule has 2 heterocycles. The van der Waals surface area contributed by atoms with E-state index in [2.05, 4.69) is 20.4 Å². The molecule has 0 bridgehead atoms. The van der Waals surface area contributed by atoms with Crippen LogP contribution in [-0.2, 0) is 13.5 Å². The van der Waals surface area contributed by atoms with Crippen LogP contribution in [0.5, 0.6) is 0 Å². The van der Waals surface area contributed by atoms with Crippen molar-refractivity contribution in [3.63, 3.8) is 0 Å². The second-order valence-electron chi connectivity index (χ2n) is 3.51. The van der Waals surface area contributed by atoms with Crippen LogP contribution in [0.3, 0.4) is 0 Å². The average molecular weight is 236 g/mol. The Hall–Kier alpha value is -2.38. The summed E-state index contributed by atoms with van der Waals surface area (Å²) in [6, 6.07) is 0. The van der Waals surface area contributed by atoms with Crippen LogP contribution in [0.1, 0.15) is 5.82 Å². The molecule has 0 aliphatic heterocycles. The van der Waals surface area contributed by atoms with E-state index in [4.69, 9.17) is 0 Å². The Morgan fingerprint density at radius 2 is 2.47 bits per heavy atom. The van der Waals surface area contributed by atoms with Gasteiger partial charge in [-0.1, -0.05) is 0 Å². The highest BCUT2D eigenvalue weighted by atomic mass is 16.6. The van der Waals surface area contributed by atoms with Gasteiger partial charge in [-0.2, -0.15) is 0 Å². The molecule has 0 atom stereocenters. The number of aryl methyl sites for hydroxylation is 1. The van der Waals surface area contributed by atoms with Gasteiger partial charge in [0, 0.05) is 32.4 Å². The number of rotatable bonds is 5. The second kappa shape index (κ2) is 4.64. The van der Waals surface area contributed by atoms with Crippen molar-refractivity contribution in [2.45, 2.75) is 6.42 Å². The van der Waals surface area contributed by atoms with Crippen LogP contribution in [0.2, 0.25) is 0 Å². The van der Waals surface area contributed by atoms with Gasteiger partial charge in [0.05, 0.1) is 4.92 Å². The number of nitrogens with one attached hydrogen (secondary N) is 2. The lowest BCUT2D eigenvalue weighted by atomic mass is 10.4. The summed E-state index contributed by atoms with van der Waals surface area (Å²) in [6.07, 6.45) is 5.42. The molecule has 0 saturated heterocycles. The molecule has 0 aromatic carbocycles. The fourth-order valence-corrected chi connectivity index (χ4v) is 1.47. The second-order valence-corrected chi connectivity index (χ2v) is 3.51. The number of hydrogen-bond donors (Lipinski definition) is 2. The summed E-state index contributed by atoms with van der Waals surface area (Å²) in [5.74, 6) is 1.11. The van der Waals surface area contributed by atoms with Crippen molar-refractivity contribution in [1.29, 1.82) is 0 Å². The van der Waals surface area contributed by atoms with Crippen molar-refractivity contribution in [2.75, 3.05) is 11.9 Å². The van der Waals surface area contributed by atoms with E-state index in [-0.39, 0.29) is 11.5 Å². The third-order valence-electron chi connectivity index (χ3n) is 2.22. The van der Waals surface area contributed by atoms with E-state index >= 15 is 0 Å². The predicted molar refractivity (Wildman–Crippen MR) is 60.6 cm³/mol. The number of anilines is 1. The van der Waals surface area contributed by atoms with Gasteiger partial charge < -0.3 is 10.3 Å². The lowest BCUT2D eigenvalue weighted by molar-refractivity contribution is -0.384. The van der Waals surface area contributed by atoms with Gasteiger partial charge in [-0.25, -0.2) is 4.98 Å². The Bertz CT molecular complexity index is 504. The molecular weight excluding hydrogens is 224 g/mol. The van der Waals surface area contributed by atoms with Gasteiger partial charge >= 0.3 is 5.69 Å². The standard InChI is InChI=1S/C9H12N6O2/c1-14-6-7(15(16)17)9(13-14)12-3-2-8-10-4-5-11-8/h4-6H,2-3H2,1H3,(H,10,11)(H,12,13). The van der Waals surface area contributed by atoms with Crippen LogP contribution in [0.4, 0.5) is 11.5 Å². The number of nitrogens with zero attached hydrogens (tertiary/aromatic N) is 4. The Kier molecular flexibility index (Phi) is 3.03. The average Bonchev–Trinajstić information content (AvgIpc) is 2.88. The molecule has 0 aliphatic carbocycles. The van der Waals surface area contributed by atoms with Crippen molar-refractivity contribution in [1.82, 2.24) is 19.7 Å². The Balaban J connectivity index is 1.96. The van der Waals surface area contributed by atoms with Crippen LogP contribution in [0.25, 0.3) is 0 Å². The topological polar surface area (TPSA) is 102 Å². The molecule has 0 fully saturated rings. The Morgan fingerprint density at radius 3 is 3.12 bits per heavy atom. The minimum Gasteiger partial charge on any atom is -0.362 e. The van der Waals surface area contributed by atoms with Crippen LogP contribution >= 0.6 is 0 Å². The molecule has 0 amide bonds. The van der Waals surface area contributed by atoms with Gasteiger partial charge in [-0.3, -0.25) is 14.8 Å². The first-order valence-electron chi connectivity index (χ1n) is 5.07. The van der Waals surface area contributed by atoms with E-state index in [1.807, 2.05) is 0 Å². The van der Waals surface area contributed by atoms with Gasteiger partial charge in [0.2, 0.25) is 5.82 Å². The van der Waals surface area contributed by atoms with Crippen molar-refractivity contribution in [3.05, 3.63) is 34.5 Å². The zero-order chi connectivity index (χ0) is 12.3. The molecule has 2 aromatic heterocycles. The number of aromatic nitrogens is 4. The van der Waals surface area contributed by atoms with E-state index in [0.29, 0.717) is 13.0 Å². The van der Waals surface area contributed by atoms with Gasteiger partial charge in [-0.05, 0) is 0 Å². The summed E-state index contributed by atoms with van der Waals surface area (Å²) >= 11 is 0. The van der Waals surface area contributed by atoms with Crippen LogP contribution < -0.4 is 5.32 Å². The maximum Gasteiger partial charge on any atom is 0.330 e. The zero-order valence-electron chi connectivity index (χ0n) is 9.25. The number of imidazole rings is 1. The molecule has 0 spiro atoms. The number of hydrogen-bond acceptors (Lipinski definition) is 5. The van der Waals surface area contributed by atoms with E-state index in [1.54, 1.807) is 19.4 Å². The molecular formula is C9H12N6O2. The smallest absolute Gasteiger partial charge is 0.330 e. The number of H-pyrrole nitrogens is 1. The highest BCUT2D eigenvalue weighted by Gasteiger charge is 2.17. The van der Waals surface area contributed by atoms with E-state index in [1.165, 1.54) is 10.9 Å². The summed E-state index contributed by atoms with van der Waals surface area (Å²) in [5, 5.41) is 17.6. The highest BCUT2D eigenvalue weighted by molar-refractivity contribution is 5.54. The maximum absolute atomic E-state index is 10.7. The normalized spacial score (nSPS) is 10.4. The molecule has 0 aliphatic rings. The largest absolute Gasteiger partial charge is 0.362 e. The van der Waals surface area contributed by atoms with E-state index in [9.17, 15) is 10.1 Å². The first-order valence-corrected chi connectivity index (χ1v) is 5.07. The third-order valence-corrected chi connectivity index (χ3v) is 2.22. The van der Waals surface area contributed by atoms with Gasteiger partial charge in [0.25, 0.3) is 0 Å². The molecule has 0 unspecified atom stereocenters. The Labute approximate surface area is 96.8 Å². The first-order chi connectivity index (χ1) is 8.16. The first kappa shape index (κ1) is 11.1. The molecule has 0 radical (unpaired) electrons. The van der Waals surface area contributed by atoms with Crippen molar-refractivity contribution in [3.8, 4) is 0 Å². The molecule has 0 saturated carbocycles. The monoisotopic (exact) mass is 236 g/mol. The summed E-state index contributed by atoms with van der Waals surface area (Å²) in [7, 11) is 1.64. The summed E-state index contributed by atoms with van der Waals surface area (Å²) in [5.41, 5.74) is -0.0213. The lowest BCUT2D eigenvalue weighted by Crippen LogP contribution is -2.08. The number of aromatic amines is 1. The molecule has 90 valence electrons. The van der Waals surface area contributed by atoms with Gasteiger partial charge in [-0.15, -0.1) is 5.10 Å². The van der Waals surface area contributed by atoms with Gasteiger partial charge in [0.1, 0.15) is 12.0 Å². The Morgan fingerprint density at radius 1 is 1.65 bits per heavy atom. The third kappa shape index (κ3) is 2.60. The van der Waals surface area contributed by atoms with E-state index < -0.39 is 4.92 Å². The summed E-state index contributed by atoms with van der Waals surface area (Å²) in [4.78, 5) is 17.3. The molecule has 2 rings (SSSR count). The van der Waals surface area contributed by atoms with Crippen molar-refractivity contribution in [2.24, 2.45) is 7.05 Å². The summed E-state index contributed by atoms with van der Waals surface area (Å²) < 4.78 is 1.41.